The highest BCUT2D eigenvalue weighted by atomic mass is 16.5. The molecule has 0 radical (unpaired) electrons. The summed E-state index contributed by atoms with van der Waals surface area (Å²) < 4.78 is 5.29. The molecular formula is C12H22N4O. The Morgan fingerprint density at radius 2 is 1.94 bits per heavy atom. The van der Waals surface area contributed by atoms with Crippen LogP contribution >= 0.6 is 0 Å². The number of aromatic nitrogens is 2. The molecule has 2 N–H and O–H groups in total. The molecule has 1 fully saturated rings. The van der Waals surface area contributed by atoms with E-state index in [1.54, 1.807) is 0 Å². The molecule has 17 heavy (non-hydrogen) atoms. The van der Waals surface area contributed by atoms with Crippen molar-refractivity contribution >= 4 is 5.95 Å². The van der Waals surface area contributed by atoms with Crippen LogP contribution in [-0.2, 0) is 6.42 Å². The first-order chi connectivity index (χ1) is 8.17. The van der Waals surface area contributed by atoms with Gasteiger partial charge in [-0.05, 0) is 31.8 Å². The fraction of sp³-hybridized carbons (Fsp3) is 0.833. The first-order valence-electron chi connectivity index (χ1n) is 6.53. The average molecular weight is 238 g/mol. The molecule has 1 aromatic rings. The summed E-state index contributed by atoms with van der Waals surface area (Å²) in [6.45, 7) is 5.95. The highest BCUT2D eigenvalue weighted by molar-refractivity contribution is 5.26. The van der Waals surface area contributed by atoms with E-state index in [0.29, 0.717) is 18.3 Å². The highest BCUT2D eigenvalue weighted by Gasteiger charge is 2.31. The topological polar surface area (TPSA) is 68.2 Å². The van der Waals surface area contributed by atoms with Crippen LogP contribution in [-0.4, -0.2) is 28.8 Å². The van der Waals surface area contributed by atoms with Gasteiger partial charge in [-0.25, -0.2) is 0 Å². The Labute approximate surface area is 102 Å². The summed E-state index contributed by atoms with van der Waals surface area (Å²) in [5, 5.41) is 4.02. The van der Waals surface area contributed by atoms with E-state index < -0.39 is 0 Å². The number of hydrogen-bond acceptors (Lipinski definition) is 5. The van der Waals surface area contributed by atoms with Gasteiger partial charge < -0.3 is 15.2 Å². The van der Waals surface area contributed by atoms with Gasteiger partial charge in [0.05, 0.1) is 0 Å². The third-order valence-electron chi connectivity index (χ3n) is 3.61. The summed E-state index contributed by atoms with van der Waals surface area (Å²) in [5.74, 6) is 1.36. The van der Waals surface area contributed by atoms with Crippen molar-refractivity contribution in [1.29, 1.82) is 0 Å². The normalized spacial score (nSPS) is 18.5. The Kier molecular flexibility index (Phi) is 3.66. The molecule has 0 unspecified atom stereocenters. The van der Waals surface area contributed by atoms with Crippen LogP contribution in [0, 0.1) is 0 Å². The Hall–Kier alpha value is -1.10. The SMILES string of the molecule is CCN(CC)c1noc(CC2(N)CCCC2)n1. The van der Waals surface area contributed by atoms with Crippen molar-refractivity contribution in [3.63, 3.8) is 0 Å². The van der Waals surface area contributed by atoms with Gasteiger partial charge in [-0.15, -0.1) is 0 Å². The van der Waals surface area contributed by atoms with Gasteiger partial charge in [-0.1, -0.05) is 12.8 Å². The fourth-order valence-corrected chi connectivity index (χ4v) is 2.51. The molecule has 1 aliphatic carbocycles. The van der Waals surface area contributed by atoms with Crippen molar-refractivity contribution in [3.8, 4) is 0 Å². The van der Waals surface area contributed by atoms with Gasteiger partial charge in [0, 0.05) is 25.0 Å². The first-order valence-corrected chi connectivity index (χ1v) is 6.53. The molecule has 1 aliphatic rings. The number of hydrogen-bond donors (Lipinski definition) is 1. The van der Waals surface area contributed by atoms with Crippen molar-refractivity contribution in [2.24, 2.45) is 5.73 Å². The molecular weight excluding hydrogens is 216 g/mol. The first kappa shape index (κ1) is 12.4. The van der Waals surface area contributed by atoms with E-state index in [9.17, 15) is 0 Å². The number of anilines is 1. The van der Waals surface area contributed by atoms with Gasteiger partial charge >= 0.3 is 0 Å². The molecule has 0 aliphatic heterocycles. The molecule has 2 rings (SSSR count). The summed E-state index contributed by atoms with van der Waals surface area (Å²) in [7, 11) is 0. The summed E-state index contributed by atoms with van der Waals surface area (Å²) in [6, 6.07) is 0. The van der Waals surface area contributed by atoms with Gasteiger partial charge in [-0.2, -0.15) is 4.98 Å². The zero-order valence-electron chi connectivity index (χ0n) is 10.8. The van der Waals surface area contributed by atoms with Gasteiger partial charge in [0.2, 0.25) is 5.89 Å². The lowest BCUT2D eigenvalue weighted by Crippen LogP contribution is -2.38. The molecule has 0 spiro atoms. The Bertz CT molecular complexity index is 353. The average Bonchev–Trinajstić information content (AvgIpc) is 2.91. The van der Waals surface area contributed by atoms with Crippen molar-refractivity contribution < 1.29 is 4.52 Å². The van der Waals surface area contributed by atoms with Crippen LogP contribution in [0.1, 0.15) is 45.4 Å². The van der Waals surface area contributed by atoms with Crippen LogP contribution < -0.4 is 10.6 Å². The van der Waals surface area contributed by atoms with E-state index in [0.717, 1.165) is 25.9 Å². The van der Waals surface area contributed by atoms with Crippen LogP contribution in [0.2, 0.25) is 0 Å². The second kappa shape index (κ2) is 5.04. The van der Waals surface area contributed by atoms with Crippen LogP contribution in [0.15, 0.2) is 4.52 Å². The highest BCUT2D eigenvalue weighted by Crippen LogP contribution is 2.30. The van der Waals surface area contributed by atoms with Crippen molar-refractivity contribution in [2.45, 2.75) is 51.5 Å². The number of nitrogens with zero attached hydrogens (tertiary/aromatic N) is 3. The predicted octanol–water partition coefficient (Wildman–Crippen LogP) is 1.73. The van der Waals surface area contributed by atoms with Gasteiger partial charge in [0.1, 0.15) is 0 Å². The molecule has 1 heterocycles. The monoisotopic (exact) mass is 238 g/mol. The Morgan fingerprint density at radius 1 is 1.29 bits per heavy atom. The summed E-state index contributed by atoms with van der Waals surface area (Å²) in [6.07, 6.45) is 5.27. The maximum atomic E-state index is 6.30. The molecule has 96 valence electrons. The molecule has 0 saturated heterocycles. The van der Waals surface area contributed by atoms with Crippen LogP contribution in [0.3, 0.4) is 0 Å². The number of nitrogens with two attached hydrogens (primary N) is 1. The maximum Gasteiger partial charge on any atom is 0.266 e. The van der Waals surface area contributed by atoms with E-state index in [-0.39, 0.29) is 5.54 Å². The Balaban J connectivity index is 2.03. The Morgan fingerprint density at radius 3 is 2.53 bits per heavy atom. The molecule has 1 saturated carbocycles. The standard InChI is InChI=1S/C12H22N4O/c1-3-16(4-2)11-14-10(17-15-11)9-12(13)7-5-6-8-12/h3-9,13H2,1-2H3. The lowest BCUT2D eigenvalue weighted by atomic mass is 9.95. The van der Waals surface area contributed by atoms with E-state index in [1.165, 1.54) is 12.8 Å². The predicted molar refractivity (Wildman–Crippen MR) is 66.9 cm³/mol. The third-order valence-corrected chi connectivity index (χ3v) is 3.61. The summed E-state index contributed by atoms with van der Waals surface area (Å²) in [4.78, 5) is 6.50. The van der Waals surface area contributed by atoms with Crippen molar-refractivity contribution in [1.82, 2.24) is 10.1 Å². The quantitative estimate of drug-likeness (QED) is 0.846. The number of rotatable bonds is 5. The molecule has 0 amide bonds. The van der Waals surface area contributed by atoms with Crippen molar-refractivity contribution in [3.05, 3.63) is 5.89 Å². The minimum Gasteiger partial charge on any atom is -0.339 e. The minimum atomic E-state index is -0.118. The second-order valence-electron chi connectivity index (χ2n) is 4.91. The van der Waals surface area contributed by atoms with Crippen LogP contribution in [0.4, 0.5) is 5.95 Å². The van der Waals surface area contributed by atoms with E-state index in [2.05, 4.69) is 28.9 Å². The molecule has 5 heteroatoms. The van der Waals surface area contributed by atoms with Gasteiger partial charge in [0.25, 0.3) is 5.95 Å². The van der Waals surface area contributed by atoms with E-state index in [4.69, 9.17) is 10.3 Å². The lowest BCUT2D eigenvalue weighted by Gasteiger charge is -2.20. The summed E-state index contributed by atoms with van der Waals surface area (Å²) in [5.41, 5.74) is 6.18. The fourth-order valence-electron chi connectivity index (χ4n) is 2.51. The molecule has 0 aromatic carbocycles. The second-order valence-corrected chi connectivity index (χ2v) is 4.91. The zero-order valence-corrected chi connectivity index (χ0v) is 10.8. The molecule has 0 bridgehead atoms. The molecule has 0 atom stereocenters. The van der Waals surface area contributed by atoms with Gasteiger partial charge in [-0.3, -0.25) is 0 Å². The van der Waals surface area contributed by atoms with Crippen LogP contribution in [0.5, 0.6) is 0 Å². The lowest BCUT2D eigenvalue weighted by molar-refractivity contribution is 0.329. The zero-order chi connectivity index (χ0) is 12.3. The van der Waals surface area contributed by atoms with Gasteiger partial charge in [0.15, 0.2) is 0 Å². The summed E-state index contributed by atoms with van der Waals surface area (Å²) >= 11 is 0. The third kappa shape index (κ3) is 2.77. The van der Waals surface area contributed by atoms with Crippen LogP contribution in [0.25, 0.3) is 0 Å². The van der Waals surface area contributed by atoms with Crippen molar-refractivity contribution in [2.75, 3.05) is 18.0 Å². The molecule has 1 aromatic heterocycles. The van der Waals surface area contributed by atoms with E-state index in [1.807, 2.05) is 0 Å². The minimum absolute atomic E-state index is 0.118. The van der Waals surface area contributed by atoms with E-state index >= 15 is 0 Å². The largest absolute Gasteiger partial charge is 0.339 e. The smallest absolute Gasteiger partial charge is 0.266 e. The maximum absolute atomic E-state index is 6.30. The molecule has 5 nitrogen and oxygen atoms in total.